The van der Waals surface area contributed by atoms with Crippen LogP contribution in [-0.4, -0.2) is 81.2 Å². The van der Waals surface area contributed by atoms with Gasteiger partial charge in [-0.1, -0.05) is 0 Å². The summed E-state index contributed by atoms with van der Waals surface area (Å²) in [4.78, 5) is 34.9. The monoisotopic (exact) mass is 496 g/mol. The number of aromatic amines is 1. The number of likely N-dealkylation sites (N-methyl/N-ethyl adjacent to an activating group) is 1. The first-order valence-electron chi connectivity index (χ1n) is 13.0. The average Bonchev–Trinajstić information content (AvgIpc) is 3.36. The fourth-order valence-electron chi connectivity index (χ4n) is 6.70. The maximum absolute atomic E-state index is 14.3. The van der Waals surface area contributed by atoms with Crippen molar-refractivity contribution in [2.45, 2.75) is 75.0 Å². The summed E-state index contributed by atoms with van der Waals surface area (Å²) in [6, 6.07) is 4.39. The van der Waals surface area contributed by atoms with E-state index in [1.54, 1.807) is 6.07 Å². The Bertz CT molecular complexity index is 1180. The highest BCUT2D eigenvalue weighted by atomic mass is 19.1. The maximum atomic E-state index is 14.3. The molecule has 1 spiro atoms. The van der Waals surface area contributed by atoms with Gasteiger partial charge in [0.2, 0.25) is 11.8 Å². The third-order valence-electron chi connectivity index (χ3n) is 8.97. The molecule has 0 unspecified atom stereocenters. The lowest BCUT2D eigenvalue weighted by Crippen LogP contribution is -2.56. The summed E-state index contributed by atoms with van der Waals surface area (Å²) >= 11 is 0. The van der Waals surface area contributed by atoms with E-state index in [2.05, 4.69) is 32.4 Å². The van der Waals surface area contributed by atoms with Gasteiger partial charge < -0.3 is 15.0 Å². The first-order chi connectivity index (χ1) is 17.4. The number of pyridine rings is 1. The van der Waals surface area contributed by atoms with E-state index >= 15 is 0 Å². The number of nitrogens with one attached hydrogen (secondary N) is 2. The Labute approximate surface area is 209 Å². The molecular formula is C26H33FN6O3. The van der Waals surface area contributed by atoms with Crippen molar-refractivity contribution in [3.05, 3.63) is 29.8 Å². The quantitative estimate of drug-likeness (QED) is 0.660. The molecule has 2 aromatic heterocycles. The number of halogens is 1. The van der Waals surface area contributed by atoms with Crippen LogP contribution in [0.3, 0.4) is 0 Å². The number of likely N-dealkylation sites (tertiary alicyclic amines) is 1. The highest BCUT2D eigenvalue weighted by molar-refractivity contribution is 5.94. The second-order valence-electron chi connectivity index (χ2n) is 10.9. The van der Waals surface area contributed by atoms with Crippen molar-refractivity contribution in [3.63, 3.8) is 0 Å². The van der Waals surface area contributed by atoms with E-state index in [0.29, 0.717) is 37.2 Å². The van der Waals surface area contributed by atoms with E-state index in [9.17, 15) is 14.0 Å². The summed E-state index contributed by atoms with van der Waals surface area (Å²) in [6.07, 6.45) is 8.80. The van der Waals surface area contributed by atoms with Crippen molar-refractivity contribution in [3.8, 4) is 17.1 Å². The number of rotatable bonds is 5. The number of ether oxygens (including phenoxy) is 1. The number of H-pyrrole nitrogens is 1. The molecule has 4 atom stereocenters. The van der Waals surface area contributed by atoms with Crippen molar-refractivity contribution in [2.24, 2.45) is 5.92 Å². The van der Waals surface area contributed by atoms with Gasteiger partial charge in [-0.15, -0.1) is 0 Å². The van der Waals surface area contributed by atoms with Crippen molar-refractivity contribution in [1.29, 1.82) is 0 Å². The van der Waals surface area contributed by atoms with Crippen LogP contribution in [0.5, 0.6) is 5.88 Å². The Balaban J connectivity index is 1.12. The molecule has 2 aromatic rings. The van der Waals surface area contributed by atoms with Crippen LogP contribution in [0.15, 0.2) is 18.3 Å². The number of aromatic nitrogens is 3. The number of hydrogen-bond acceptors (Lipinski definition) is 6. The molecule has 192 valence electrons. The smallest absolute Gasteiger partial charge is 0.274 e. The van der Waals surface area contributed by atoms with Crippen LogP contribution in [0.4, 0.5) is 4.39 Å². The number of methoxy groups -OCH3 is 1. The summed E-state index contributed by atoms with van der Waals surface area (Å²) < 4.78 is 19.4. The van der Waals surface area contributed by atoms with E-state index in [4.69, 9.17) is 4.74 Å². The SMILES string of the molecule is COc1cc(-c2cc(C(=O)N3CC[C@H](C(=O)N[C@@H]4CC[C@@H]5CC[C@H]4N5C)CC34CC4)n[nH]2)c(F)cn1. The Morgan fingerprint density at radius 3 is 2.78 bits per heavy atom. The first kappa shape index (κ1) is 23.4. The van der Waals surface area contributed by atoms with Gasteiger partial charge in [0.15, 0.2) is 11.5 Å². The number of fused-ring (bicyclic) bond motifs is 2. The number of hydrogen-bond donors (Lipinski definition) is 2. The molecule has 36 heavy (non-hydrogen) atoms. The van der Waals surface area contributed by atoms with Crippen LogP contribution in [-0.2, 0) is 4.79 Å². The number of carbonyl (C=O) groups is 2. The normalized spacial score (nSPS) is 28.8. The minimum Gasteiger partial charge on any atom is -0.481 e. The summed E-state index contributed by atoms with van der Waals surface area (Å²) in [5.74, 6) is -0.364. The van der Waals surface area contributed by atoms with Gasteiger partial charge in [-0.2, -0.15) is 5.10 Å². The Morgan fingerprint density at radius 2 is 2.00 bits per heavy atom. The Kier molecular flexibility index (Phi) is 5.74. The third-order valence-corrected chi connectivity index (χ3v) is 8.97. The molecule has 5 heterocycles. The minimum atomic E-state index is -0.527. The van der Waals surface area contributed by atoms with Gasteiger partial charge >= 0.3 is 0 Å². The molecule has 6 rings (SSSR count). The largest absolute Gasteiger partial charge is 0.481 e. The molecule has 0 radical (unpaired) electrons. The molecule has 4 aliphatic rings. The van der Waals surface area contributed by atoms with Crippen LogP contribution in [0, 0.1) is 11.7 Å². The maximum Gasteiger partial charge on any atom is 0.274 e. The highest BCUT2D eigenvalue weighted by Gasteiger charge is 2.55. The second kappa shape index (κ2) is 8.83. The van der Waals surface area contributed by atoms with E-state index in [0.717, 1.165) is 38.3 Å². The molecule has 0 aromatic carbocycles. The molecule has 1 saturated carbocycles. The number of amides is 2. The molecule has 10 heteroatoms. The lowest BCUT2D eigenvalue weighted by atomic mass is 9.87. The zero-order valence-corrected chi connectivity index (χ0v) is 20.8. The highest BCUT2D eigenvalue weighted by Crippen LogP contribution is 2.50. The summed E-state index contributed by atoms with van der Waals surface area (Å²) in [7, 11) is 3.65. The molecule has 2 N–H and O–H groups in total. The van der Waals surface area contributed by atoms with Gasteiger partial charge in [0.25, 0.3) is 5.91 Å². The van der Waals surface area contributed by atoms with Crippen LogP contribution in [0.2, 0.25) is 0 Å². The van der Waals surface area contributed by atoms with Crippen LogP contribution >= 0.6 is 0 Å². The molecule has 9 nitrogen and oxygen atoms in total. The predicted molar refractivity (Wildman–Crippen MR) is 130 cm³/mol. The van der Waals surface area contributed by atoms with Crippen molar-refractivity contribution in [2.75, 3.05) is 20.7 Å². The lowest BCUT2D eigenvalue weighted by molar-refractivity contribution is -0.128. The minimum absolute atomic E-state index is 0.0749. The van der Waals surface area contributed by atoms with Crippen molar-refractivity contribution in [1.82, 2.24) is 30.3 Å². The molecule has 2 bridgehead atoms. The van der Waals surface area contributed by atoms with Crippen LogP contribution in [0.1, 0.15) is 61.9 Å². The number of nitrogens with zero attached hydrogens (tertiary/aromatic N) is 4. The molecule has 4 fully saturated rings. The second-order valence-corrected chi connectivity index (χ2v) is 10.9. The van der Waals surface area contributed by atoms with E-state index in [-0.39, 0.29) is 46.5 Å². The molecule has 1 aliphatic carbocycles. The van der Waals surface area contributed by atoms with E-state index < -0.39 is 5.82 Å². The lowest BCUT2D eigenvalue weighted by Gasteiger charge is -2.41. The summed E-state index contributed by atoms with van der Waals surface area (Å²) in [6.45, 7) is 0.520. The van der Waals surface area contributed by atoms with Crippen LogP contribution < -0.4 is 10.1 Å². The molecule has 3 aliphatic heterocycles. The van der Waals surface area contributed by atoms with Crippen LogP contribution in [0.25, 0.3) is 11.3 Å². The van der Waals surface area contributed by atoms with Gasteiger partial charge in [0, 0.05) is 47.8 Å². The zero-order chi connectivity index (χ0) is 25.0. The fourth-order valence-corrected chi connectivity index (χ4v) is 6.70. The third kappa shape index (κ3) is 3.95. The van der Waals surface area contributed by atoms with Crippen molar-refractivity contribution < 1.29 is 18.7 Å². The predicted octanol–water partition coefficient (Wildman–Crippen LogP) is 2.75. The zero-order valence-electron chi connectivity index (χ0n) is 20.8. The topological polar surface area (TPSA) is 103 Å². The Hall–Kier alpha value is -3.01. The van der Waals surface area contributed by atoms with E-state index in [1.165, 1.54) is 19.6 Å². The fraction of sp³-hybridized carbons (Fsp3) is 0.615. The molecular weight excluding hydrogens is 463 g/mol. The summed E-state index contributed by atoms with van der Waals surface area (Å²) in [5.41, 5.74) is 0.605. The Morgan fingerprint density at radius 1 is 1.19 bits per heavy atom. The van der Waals surface area contributed by atoms with Gasteiger partial charge in [-0.25, -0.2) is 9.37 Å². The van der Waals surface area contributed by atoms with Gasteiger partial charge in [-0.05, 0) is 64.5 Å². The molecule has 2 amide bonds. The standard InChI is InChI=1S/C26H33FN6O3/c1-32-16-3-5-19(22(32)6-4-16)29-24(34)15-7-10-33(26(13-15)8-9-26)25(35)21-12-20(30-31-21)17-11-23(36-2)28-14-18(17)27/h11-12,14-16,19,22H,3-10,13H2,1-2H3,(H,29,34)(H,30,31)/t15-,16+,19+,22+/m0/s1. The number of piperidine rings is 2. The number of carbonyl (C=O) groups excluding carboxylic acids is 2. The molecule has 3 saturated heterocycles. The van der Waals surface area contributed by atoms with Gasteiger partial charge in [0.05, 0.1) is 19.0 Å². The summed E-state index contributed by atoms with van der Waals surface area (Å²) in [5, 5.41) is 10.3. The van der Waals surface area contributed by atoms with E-state index in [1.807, 2.05) is 4.90 Å². The van der Waals surface area contributed by atoms with Crippen molar-refractivity contribution >= 4 is 11.8 Å². The first-order valence-corrected chi connectivity index (χ1v) is 13.0. The van der Waals surface area contributed by atoms with Gasteiger partial charge in [0.1, 0.15) is 0 Å². The average molecular weight is 497 g/mol. The van der Waals surface area contributed by atoms with Gasteiger partial charge in [-0.3, -0.25) is 19.6 Å².